The molecule has 1 aliphatic rings. The van der Waals surface area contributed by atoms with Crippen LogP contribution in [0, 0.1) is 0 Å². The van der Waals surface area contributed by atoms with Gasteiger partial charge in [0.05, 0.1) is 11.5 Å². The number of hydrogen-bond acceptors (Lipinski definition) is 4. The van der Waals surface area contributed by atoms with Gasteiger partial charge in [-0.3, -0.25) is 0 Å². The smallest absolute Gasteiger partial charge is 0.151 e. The average Bonchev–Trinajstić information content (AvgIpc) is 2.86. The van der Waals surface area contributed by atoms with E-state index in [0.717, 1.165) is 38.0 Å². The molecule has 0 aromatic carbocycles. The fourth-order valence-electron chi connectivity index (χ4n) is 2.51. The van der Waals surface area contributed by atoms with Crippen molar-refractivity contribution in [3.63, 3.8) is 0 Å². The molecule has 1 aliphatic carbocycles. The van der Waals surface area contributed by atoms with E-state index in [2.05, 4.69) is 5.32 Å². The number of nitrogens with one attached hydrogen (secondary N) is 1. The Balaban J connectivity index is 1.82. The van der Waals surface area contributed by atoms with E-state index in [9.17, 15) is 8.42 Å². The molecule has 0 radical (unpaired) electrons. The molecule has 2 rings (SSSR count). The fourth-order valence-corrected chi connectivity index (χ4v) is 3.93. The second kappa shape index (κ2) is 5.23. The van der Waals surface area contributed by atoms with Gasteiger partial charge in [-0.1, -0.05) is 6.42 Å². The van der Waals surface area contributed by atoms with Gasteiger partial charge >= 0.3 is 0 Å². The lowest BCUT2D eigenvalue weighted by Crippen LogP contribution is -2.40. The molecular weight excluding hydrogens is 238 g/mol. The highest BCUT2D eigenvalue weighted by Crippen LogP contribution is 2.24. The quantitative estimate of drug-likeness (QED) is 0.865. The molecule has 1 saturated carbocycles. The van der Waals surface area contributed by atoms with Crippen LogP contribution < -0.4 is 5.32 Å². The maximum absolute atomic E-state index is 11.6. The summed E-state index contributed by atoms with van der Waals surface area (Å²) in [5.74, 6) is 0.936. The third-order valence-corrected chi connectivity index (χ3v) is 5.02. The predicted octanol–water partition coefficient (Wildman–Crippen LogP) is 1.38. The van der Waals surface area contributed by atoms with E-state index in [1.54, 1.807) is 6.26 Å². The second-order valence-electron chi connectivity index (χ2n) is 4.69. The molecule has 5 heteroatoms. The molecule has 0 bridgehead atoms. The van der Waals surface area contributed by atoms with Crippen molar-refractivity contribution in [3.8, 4) is 0 Å². The Kier molecular flexibility index (Phi) is 3.89. The van der Waals surface area contributed by atoms with E-state index in [1.807, 2.05) is 12.1 Å². The van der Waals surface area contributed by atoms with Crippen LogP contribution in [-0.2, 0) is 16.3 Å². The van der Waals surface area contributed by atoms with Gasteiger partial charge in [-0.2, -0.15) is 0 Å². The summed E-state index contributed by atoms with van der Waals surface area (Å²) in [5, 5.41) is 3.13. The third-order valence-electron chi connectivity index (χ3n) is 3.36. The van der Waals surface area contributed by atoms with Crippen molar-refractivity contribution in [2.45, 2.75) is 37.0 Å². The van der Waals surface area contributed by atoms with Crippen LogP contribution in [0.3, 0.4) is 0 Å². The molecule has 0 amide bonds. The summed E-state index contributed by atoms with van der Waals surface area (Å²) in [7, 11) is -2.92. The van der Waals surface area contributed by atoms with Crippen LogP contribution in [0.4, 0.5) is 0 Å². The van der Waals surface area contributed by atoms with E-state index in [0.29, 0.717) is 0 Å². The summed E-state index contributed by atoms with van der Waals surface area (Å²) in [6.07, 6.45) is 6.54. The van der Waals surface area contributed by atoms with Crippen molar-refractivity contribution >= 4 is 9.84 Å². The summed E-state index contributed by atoms with van der Waals surface area (Å²) < 4.78 is 28.4. The number of furan rings is 1. The van der Waals surface area contributed by atoms with Gasteiger partial charge in [0, 0.05) is 25.3 Å². The molecule has 1 fully saturated rings. The van der Waals surface area contributed by atoms with Crippen LogP contribution in [0.2, 0.25) is 0 Å². The van der Waals surface area contributed by atoms with Gasteiger partial charge in [-0.15, -0.1) is 0 Å². The molecule has 96 valence electrons. The number of hydrogen-bond donors (Lipinski definition) is 1. The Hall–Kier alpha value is -0.810. The first kappa shape index (κ1) is 12.6. The zero-order valence-electron chi connectivity index (χ0n) is 10.1. The molecular formula is C12H19NO3S. The Bertz CT molecular complexity index is 438. The minimum atomic E-state index is -2.92. The topological polar surface area (TPSA) is 59.3 Å². The Morgan fingerprint density at radius 3 is 2.94 bits per heavy atom. The Morgan fingerprint density at radius 2 is 2.29 bits per heavy atom. The first-order valence-corrected chi connectivity index (χ1v) is 7.97. The molecule has 2 unspecified atom stereocenters. The van der Waals surface area contributed by atoms with E-state index in [1.165, 1.54) is 6.26 Å². The second-order valence-corrected chi connectivity index (χ2v) is 6.95. The summed E-state index contributed by atoms with van der Waals surface area (Å²) in [6, 6.07) is 3.91. The number of rotatable bonds is 5. The lowest BCUT2D eigenvalue weighted by molar-refractivity contribution is 0.471. The molecule has 1 N–H and O–H groups in total. The molecule has 2 atom stereocenters. The minimum Gasteiger partial charge on any atom is -0.469 e. The predicted molar refractivity (Wildman–Crippen MR) is 66.7 cm³/mol. The Morgan fingerprint density at radius 1 is 1.47 bits per heavy atom. The van der Waals surface area contributed by atoms with Crippen LogP contribution in [0.15, 0.2) is 22.8 Å². The fraction of sp³-hybridized carbons (Fsp3) is 0.667. The monoisotopic (exact) mass is 257 g/mol. The van der Waals surface area contributed by atoms with Crippen molar-refractivity contribution in [2.24, 2.45) is 0 Å². The standard InChI is InChI=1S/C12H19NO3S/c1-17(14,15)12-6-2-5-11(12)13-8-7-10-4-3-9-16-10/h3-4,9,11-13H,2,5-8H2,1H3. The minimum absolute atomic E-state index is 0.111. The molecule has 1 aromatic rings. The summed E-state index contributed by atoms with van der Waals surface area (Å²) in [6.45, 7) is 0.768. The SMILES string of the molecule is CS(=O)(=O)C1CCCC1NCCc1ccco1. The first-order valence-electron chi connectivity index (χ1n) is 6.02. The van der Waals surface area contributed by atoms with E-state index >= 15 is 0 Å². The van der Waals surface area contributed by atoms with E-state index in [-0.39, 0.29) is 11.3 Å². The zero-order valence-corrected chi connectivity index (χ0v) is 10.9. The molecule has 4 nitrogen and oxygen atoms in total. The summed E-state index contributed by atoms with van der Waals surface area (Å²) in [5.41, 5.74) is 0. The zero-order chi connectivity index (χ0) is 12.3. The van der Waals surface area contributed by atoms with Crippen molar-refractivity contribution in [1.29, 1.82) is 0 Å². The normalized spacial score (nSPS) is 25.2. The lowest BCUT2D eigenvalue weighted by Gasteiger charge is -2.19. The largest absolute Gasteiger partial charge is 0.469 e. The van der Waals surface area contributed by atoms with Gasteiger partial charge in [0.1, 0.15) is 5.76 Å². The van der Waals surface area contributed by atoms with Gasteiger partial charge < -0.3 is 9.73 Å². The van der Waals surface area contributed by atoms with Crippen LogP contribution in [0.1, 0.15) is 25.0 Å². The summed E-state index contributed by atoms with van der Waals surface area (Å²) in [4.78, 5) is 0. The Labute approximate surface area is 102 Å². The highest BCUT2D eigenvalue weighted by molar-refractivity contribution is 7.91. The van der Waals surface area contributed by atoms with Gasteiger partial charge in [-0.05, 0) is 25.0 Å². The van der Waals surface area contributed by atoms with Crippen molar-refractivity contribution in [2.75, 3.05) is 12.8 Å². The molecule has 1 aromatic heterocycles. The molecule has 1 heterocycles. The van der Waals surface area contributed by atoms with Crippen LogP contribution in [0.25, 0.3) is 0 Å². The van der Waals surface area contributed by atoms with Crippen molar-refractivity contribution in [1.82, 2.24) is 5.32 Å². The lowest BCUT2D eigenvalue weighted by atomic mass is 10.2. The first-order chi connectivity index (χ1) is 8.07. The molecule has 0 spiro atoms. The van der Waals surface area contributed by atoms with Crippen LogP contribution >= 0.6 is 0 Å². The molecule has 0 aliphatic heterocycles. The van der Waals surface area contributed by atoms with E-state index in [4.69, 9.17) is 4.42 Å². The number of sulfone groups is 1. The van der Waals surface area contributed by atoms with Crippen molar-refractivity contribution in [3.05, 3.63) is 24.2 Å². The maximum Gasteiger partial charge on any atom is 0.151 e. The van der Waals surface area contributed by atoms with Crippen LogP contribution in [-0.4, -0.2) is 32.5 Å². The van der Waals surface area contributed by atoms with E-state index < -0.39 is 9.84 Å². The van der Waals surface area contributed by atoms with Crippen molar-refractivity contribution < 1.29 is 12.8 Å². The van der Waals surface area contributed by atoms with Gasteiger partial charge in [0.25, 0.3) is 0 Å². The highest BCUT2D eigenvalue weighted by atomic mass is 32.2. The van der Waals surface area contributed by atoms with Crippen LogP contribution in [0.5, 0.6) is 0 Å². The summed E-state index contributed by atoms with van der Waals surface area (Å²) >= 11 is 0. The third kappa shape index (κ3) is 3.33. The van der Waals surface area contributed by atoms with Gasteiger partial charge in [0.2, 0.25) is 0 Å². The highest BCUT2D eigenvalue weighted by Gasteiger charge is 2.34. The molecule has 17 heavy (non-hydrogen) atoms. The van der Waals surface area contributed by atoms with Gasteiger partial charge in [0.15, 0.2) is 9.84 Å². The van der Waals surface area contributed by atoms with Gasteiger partial charge in [-0.25, -0.2) is 8.42 Å². The molecule has 0 saturated heterocycles. The average molecular weight is 257 g/mol. The maximum atomic E-state index is 11.6.